The van der Waals surface area contributed by atoms with Gasteiger partial charge in [-0.25, -0.2) is 8.42 Å². The summed E-state index contributed by atoms with van der Waals surface area (Å²) in [6, 6.07) is 32.0. The fraction of sp³-hybridized carbons (Fsp3) is 0.138. The van der Waals surface area contributed by atoms with Crippen LogP contribution in [0.1, 0.15) is 17.5 Å². The number of fused-ring (bicyclic) bond motifs is 1. The summed E-state index contributed by atoms with van der Waals surface area (Å²) in [7, 11) is -3.68. The van der Waals surface area contributed by atoms with Gasteiger partial charge in [-0.3, -0.25) is 9.10 Å². The Bertz CT molecular complexity index is 1430. The minimum atomic E-state index is -3.68. The predicted octanol–water partition coefficient (Wildman–Crippen LogP) is 5.68. The van der Waals surface area contributed by atoms with E-state index in [1.54, 1.807) is 36.4 Å². The van der Waals surface area contributed by atoms with Crippen LogP contribution >= 0.6 is 0 Å². The first-order chi connectivity index (χ1) is 17.0. The molecule has 1 amide bonds. The molecule has 0 aliphatic carbocycles. The van der Waals surface area contributed by atoms with Gasteiger partial charge in [0.1, 0.15) is 0 Å². The molecule has 0 saturated heterocycles. The summed E-state index contributed by atoms with van der Waals surface area (Å²) in [6.07, 6.45) is 1.79. The molecule has 0 spiro atoms. The van der Waals surface area contributed by atoms with E-state index in [1.807, 2.05) is 54.6 Å². The van der Waals surface area contributed by atoms with Gasteiger partial charge in [0.05, 0.1) is 17.0 Å². The van der Waals surface area contributed by atoms with Crippen molar-refractivity contribution >= 4 is 27.3 Å². The first-order valence-corrected chi connectivity index (χ1v) is 13.1. The fourth-order valence-electron chi connectivity index (χ4n) is 4.42. The third-order valence-electron chi connectivity index (χ3n) is 6.20. The number of nitrogens with one attached hydrogen (secondary N) is 1. The number of carbonyl (C=O) groups is 1. The maximum absolute atomic E-state index is 13.3. The van der Waals surface area contributed by atoms with Crippen LogP contribution in [0.3, 0.4) is 0 Å². The number of carbonyl (C=O) groups excluding carboxylic acids is 1. The number of rotatable bonds is 6. The highest BCUT2D eigenvalue weighted by Crippen LogP contribution is 2.34. The molecule has 35 heavy (non-hydrogen) atoms. The number of hydrogen-bond donors (Lipinski definition) is 1. The van der Waals surface area contributed by atoms with E-state index in [1.165, 1.54) is 4.31 Å². The monoisotopic (exact) mass is 482 g/mol. The van der Waals surface area contributed by atoms with Crippen molar-refractivity contribution in [3.63, 3.8) is 0 Å². The summed E-state index contributed by atoms with van der Waals surface area (Å²) in [5.74, 6) is -0.148. The standard InChI is InChI=1S/C29H26N2O3S/c32-29(20-22-13-15-24(16-14-22)23-8-3-1-4-9-23)30-26-18-17-25-10-7-19-31(28(25)21-26)35(33,34)27-11-5-2-6-12-27/h1-6,8-9,11-18,21H,7,10,19-20H2,(H,30,32). The number of benzene rings is 4. The molecule has 5 nitrogen and oxygen atoms in total. The number of sulfonamides is 1. The Hall–Kier alpha value is -3.90. The zero-order valence-electron chi connectivity index (χ0n) is 19.2. The predicted molar refractivity (Wildman–Crippen MR) is 140 cm³/mol. The van der Waals surface area contributed by atoms with Crippen molar-refractivity contribution in [3.8, 4) is 11.1 Å². The second-order valence-electron chi connectivity index (χ2n) is 8.63. The van der Waals surface area contributed by atoms with Gasteiger partial charge in [0.2, 0.25) is 5.91 Å². The molecular weight excluding hydrogens is 456 g/mol. The topological polar surface area (TPSA) is 66.5 Å². The van der Waals surface area contributed by atoms with Crippen molar-refractivity contribution in [2.24, 2.45) is 0 Å². The molecule has 0 radical (unpaired) electrons. The van der Waals surface area contributed by atoms with Crippen LogP contribution < -0.4 is 9.62 Å². The molecule has 176 valence electrons. The Balaban J connectivity index is 1.32. The van der Waals surface area contributed by atoms with E-state index in [0.29, 0.717) is 17.9 Å². The number of nitrogens with zero attached hydrogens (tertiary/aromatic N) is 1. The molecular formula is C29H26N2O3S. The van der Waals surface area contributed by atoms with Crippen LogP contribution in [0, 0.1) is 0 Å². The van der Waals surface area contributed by atoms with Crippen LogP contribution in [-0.2, 0) is 27.7 Å². The number of aryl methyl sites for hydroxylation is 1. The van der Waals surface area contributed by atoms with Crippen molar-refractivity contribution in [1.29, 1.82) is 0 Å². The molecule has 1 N–H and O–H groups in total. The van der Waals surface area contributed by atoms with E-state index in [-0.39, 0.29) is 17.2 Å². The van der Waals surface area contributed by atoms with Crippen molar-refractivity contribution < 1.29 is 13.2 Å². The summed E-state index contributed by atoms with van der Waals surface area (Å²) in [5.41, 5.74) is 5.32. The third-order valence-corrected chi connectivity index (χ3v) is 8.03. The lowest BCUT2D eigenvalue weighted by Gasteiger charge is -2.31. The molecule has 0 saturated carbocycles. The number of amides is 1. The molecule has 1 aliphatic heterocycles. The molecule has 4 aromatic rings. The van der Waals surface area contributed by atoms with Gasteiger partial charge in [0, 0.05) is 12.2 Å². The molecule has 0 fully saturated rings. The van der Waals surface area contributed by atoms with Gasteiger partial charge in [-0.2, -0.15) is 0 Å². The molecule has 5 rings (SSSR count). The van der Waals surface area contributed by atoms with Crippen LogP contribution in [-0.4, -0.2) is 20.9 Å². The Kier molecular flexibility index (Phi) is 6.38. The van der Waals surface area contributed by atoms with E-state index in [9.17, 15) is 13.2 Å². The Morgan fingerprint density at radius 1 is 0.800 bits per heavy atom. The largest absolute Gasteiger partial charge is 0.326 e. The first-order valence-electron chi connectivity index (χ1n) is 11.7. The molecule has 1 heterocycles. The van der Waals surface area contributed by atoms with E-state index in [4.69, 9.17) is 0 Å². The molecule has 4 aromatic carbocycles. The molecule has 0 unspecified atom stereocenters. The summed E-state index contributed by atoms with van der Waals surface area (Å²) in [4.78, 5) is 13.0. The van der Waals surface area contributed by atoms with E-state index < -0.39 is 10.0 Å². The molecule has 0 aromatic heterocycles. The first kappa shape index (κ1) is 22.9. The van der Waals surface area contributed by atoms with Gasteiger partial charge in [-0.05, 0) is 59.4 Å². The van der Waals surface area contributed by atoms with Crippen LogP contribution in [0.2, 0.25) is 0 Å². The average molecular weight is 483 g/mol. The zero-order chi connectivity index (χ0) is 24.3. The highest BCUT2D eigenvalue weighted by molar-refractivity contribution is 7.92. The SMILES string of the molecule is O=C(Cc1ccc(-c2ccccc2)cc1)Nc1ccc2c(c1)N(S(=O)(=O)c1ccccc1)CCC2. The second-order valence-corrected chi connectivity index (χ2v) is 10.5. The van der Waals surface area contributed by atoms with Gasteiger partial charge < -0.3 is 5.32 Å². The van der Waals surface area contributed by atoms with Gasteiger partial charge in [0.25, 0.3) is 10.0 Å². The Labute approximate surface area is 206 Å². The Morgan fingerprint density at radius 3 is 2.17 bits per heavy atom. The number of hydrogen-bond acceptors (Lipinski definition) is 3. The van der Waals surface area contributed by atoms with E-state index in [0.717, 1.165) is 35.1 Å². The lowest BCUT2D eigenvalue weighted by molar-refractivity contribution is -0.115. The summed E-state index contributed by atoms with van der Waals surface area (Å²) >= 11 is 0. The Morgan fingerprint density at radius 2 is 1.46 bits per heavy atom. The van der Waals surface area contributed by atoms with Crippen molar-refractivity contribution in [3.05, 3.63) is 114 Å². The lowest BCUT2D eigenvalue weighted by Crippen LogP contribution is -2.35. The summed E-state index contributed by atoms with van der Waals surface area (Å²) < 4.78 is 28.0. The molecule has 6 heteroatoms. The van der Waals surface area contributed by atoms with E-state index >= 15 is 0 Å². The van der Waals surface area contributed by atoms with Gasteiger partial charge in [-0.15, -0.1) is 0 Å². The van der Waals surface area contributed by atoms with Crippen molar-refractivity contribution in [2.75, 3.05) is 16.2 Å². The average Bonchev–Trinajstić information content (AvgIpc) is 2.89. The van der Waals surface area contributed by atoms with Gasteiger partial charge in [0.15, 0.2) is 0 Å². The maximum Gasteiger partial charge on any atom is 0.264 e. The zero-order valence-corrected chi connectivity index (χ0v) is 20.0. The normalized spacial score (nSPS) is 13.2. The van der Waals surface area contributed by atoms with Crippen LogP contribution in [0.4, 0.5) is 11.4 Å². The van der Waals surface area contributed by atoms with Crippen LogP contribution in [0.5, 0.6) is 0 Å². The second kappa shape index (κ2) is 9.76. The maximum atomic E-state index is 13.3. The van der Waals surface area contributed by atoms with Crippen LogP contribution in [0.15, 0.2) is 108 Å². The lowest BCUT2D eigenvalue weighted by atomic mass is 10.0. The van der Waals surface area contributed by atoms with Crippen molar-refractivity contribution in [2.45, 2.75) is 24.2 Å². The van der Waals surface area contributed by atoms with Crippen LogP contribution in [0.25, 0.3) is 11.1 Å². The highest BCUT2D eigenvalue weighted by atomic mass is 32.2. The molecule has 0 atom stereocenters. The molecule has 1 aliphatic rings. The van der Waals surface area contributed by atoms with Crippen molar-refractivity contribution in [1.82, 2.24) is 0 Å². The minimum Gasteiger partial charge on any atom is -0.326 e. The summed E-state index contributed by atoms with van der Waals surface area (Å²) in [5, 5.41) is 2.94. The highest BCUT2D eigenvalue weighted by Gasteiger charge is 2.29. The number of anilines is 2. The minimum absolute atomic E-state index is 0.148. The van der Waals surface area contributed by atoms with Gasteiger partial charge >= 0.3 is 0 Å². The summed E-state index contributed by atoms with van der Waals surface area (Å²) in [6.45, 7) is 0.412. The van der Waals surface area contributed by atoms with E-state index in [2.05, 4.69) is 17.4 Å². The fourth-order valence-corrected chi connectivity index (χ4v) is 5.98. The van der Waals surface area contributed by atoms with Gasteiger partial charge in [-0.1, -0.05) is 78.9 Å². The third kappa shape index (κ3) is 4.98. The quantitative estimate of drug-likeness (QED) is 0.385. The molecule has 0 bridgehead atoms. The smallest absolute Gasteiger partial charge is 0.264 e.